The van der Waals surface area contributed by atoms with Crippen molar-refractivity contribution in [2.45, 2.75) is 6.42 Å². The van der Waals surface area contributed by atoms with Crippen LogP contribution < -0.4 is 0 Å². The van der Waals surface area contributed by atoms with Crippen molar-refractivity contribution in [2.24, 2.45) is 0 Å². The Bertz CT molecular complexity index is 288. The minimum absolute atomic E-state index is 0.00684. The van der Waals surface area contributed by atoms with Crippen LogP contribution in [0.5, 0.6) is 0 Å². The molecule has 0 bridgehead atoms. The Morgan fingerprint density at radius 2 is 1.85 bits per heavy atom. The highest BCUT2D eigenvalue weighted by Crippen LogP contribution is 2.13. The summed E-state index contributed by atoms with van der Waals surface area (Å²) in [4.78, 5) is 0. The summed E-state index contributed by atoms with van der Waals surface area (Å²) in [6.07, 6.45) is 3.66. The van der Waals surface area contributed by atoms with Gasteiger partial charge in [-0.1, -0.05) is 18.2 Å². The van der Waals surface area contributed by atoms with Gasteiger partial charge in [0.1, 0.15) is 11.6 Å². The molecule has 0 radical (unpaired) electrons. The molecule has 0 spiro atoms. The Balaban J connectivity index is 2.87. The van der Waals surface area contributed by atoms with Crippen molar-refractivity contribution in [2.75, 3.05) is 5.88 Å². The minimum Gasteiger partial charge on any atom is -0.206 e. The lowest BCUT2D eigenvalue weighted by Crippen LogP contribution is -1.86. The lowest BCUT2D eigenvalue weighted by atomic mass is 10.2. The third-order valence-corrected chi connectivity index (χ3v) is 1.78. The Hall–Kier alpha value is -0.890. The highest BCUT2D eigenvalue weighted by atomic mass is 35.5. The zero-order chi connectivity index (χ0) is 9.68. The van der Waals surface area contributed by atoms with Gasteiger partial charge < -0.3 is 0 Å². The normalized spacial score (nSPS) is 11.0. The molecule has 0 aromatic heterocycles. The maximum Gasteiger partial charge on any atom is 0.133 e. The number of hydrogen-bond donors (Lipinski definition) is 0. The van der Waals surface area contributed by atoms with E-state index in [0.717, 1.165) is 0 Å². The minimum atomic E-state index is -0.550. The van der Waals surface area contributed by atoms with Gasteiger partial charge in [0.25, 0.3) is 0 Å². The van der Waals surface area contributed by atoms with Gasteiger partial charge in [0.05, 0.1) is 0 Å². The quantitative estimate of drug-likeness (QED) is 0.657. The van der Waals surface area contributed by atoms with E-state index in [2.05, 4.69) is 0 Å². The maximum atomic E-state index is 13.0. The molecule has 1 rings (SSSR count). The molecule has 0 aliphatic rings. The SMILES string of the molecule is Fc1cccc(F)c1C=CCCCl. The number of hydrogen-bond acceptors (Lipinski definition) is 0. The van der Waals surface area contributed by atoms with Crippen LogP contribution in [0.25, 0.3) is 6.08 Å². The Morgan fingerprint density at radius 1 is 1.23 bits per heavy atom. The van der Waals surface area contributed by atoms with Crippen LogP contribution >= 0.6 is 11.6 Å². The molecule has 13 heavy (non-hydrogen) atoms. The van der Waals surface area contributed by atoms with E-state index < -0.39 is 11.6 Å². The van der Waals surface area contributed by atoms with E-state index in [4.69, 9.17) is 11.6 Å². The molecule has 0 saturated carbocycles. The molecule has 1 aromatic rings. The standard InChI is InChI=1S/C10H9ClF2/c11-7-2-1-4-8-9(12)5-3-6-10(8)13/h1,3-6H,2,7H2. The molecule has 0 unspecified atom stereocenters. The van der Waals surface area contributed by atoms with Gasteiger partial charge >= 0.3 is 0 Å². The lowest BCUT2D eigenvalue weighted by Gasteiger charge is -1.97. The van der Waals surface area contributed by atoms with Crippen LogP contribution in [0.15, 0.2) is 24.3 Å². The van der Waals surface area contributed by atoms with Crippen molar-refractivity contribution in [3.05, 3.63) is 41.5 Å². The van der Waals surface area contributed by atoms with Crippen molar-refractivity contribution in [1.82, 2.24) is 0 Å². The van der Waals surface area contributed by atoms with Gasteiger partial charge in [-0.3, -0.25) is 0 Å². The highest BCUT2D eigenvalue weighted by Gasteiger charge is 2.03. The monoisotopic (exact) mass is 202 g/mol. The van der Waals surface area contributed by atoms with Crippen LogP contribution in [0.3, 0.4) is 0 Å². The van der Waals surface area contributed by atoms with E-state index in [1.165, 1.54) is 24.3 Å². The second-order valence-electron chi connectivity index (χ2n) is 2.52. The van der Waals surface area contributed by atoms with Gasteiger partial charge in [-0.2, -0.15) is 0 Å². The Kier molecular flexibility index (Phi) is 3.90. The van der Waals surface area contributed by atoms with Crippen molar-refractivity contribution in [3.63, 3.8) is 0 Å². The first-order valence-corrected chi connectivity index (χ1v) is 4.45. The van der Waals surface area contributed by atoms with Crippen LogP contribution in [-0.4, -0.2) is 5.88 Å². The fraction of sp³-hybridized carbons (Fsp3) is 0.200. The maximum absolute atomic E-state index is 13.0. The van der Waals surface area contributed by atoms with Crippen LogP contribution in [0, 0.1) is 11.6 Å². The molecule has 0 N–H and O–H groups in total. The largest absolute Gasteiger partial charge is 0.206 e. The van der Waals surface area contributed by atoms with Crippen LogP contribution in [0.1, 0.15) is 12.0 Å². The summed E-state index contributed by atoms with van der Waals surface area (Å²) >= 11 is 5.41. The predicted molar refractivity (Wildman–Crippen MR) is 50.7 cm³/mol. The lowest BCUT2D eigenvalue weighted by molar-refractivity contribution is 0.578. The van der Waals surface area contributed by atoms with Crippen LogP contribution in [0.4, 0.5) is 8.78 Å². The Morgan fingerprint density at radius 3 is 2.38 bits per heavy atom. The molecule has 0 saturated heterocycles. The molecule has 3 heteroatoms. The summed E-state index contributed by atoms with van der Waals surface area (Å²) in [5.41, 5.74) is -0.00684. The van der Waals surface area contributed by atoms with E-state index in [1.54, 1.807) is 6.08 Å². The second kappa shape index (κ2) is 4.97. The number of rotatable bonds is 3. The zero-order valence-electron chi connectivity index (χ0n) is 6.93. The van der Waals surface area contributed by atoms with E-state index in [1.807, 2.05) is 0 Å². The molecule has 0 aliphatic carbocycles. The molecule has 1 aromatic carbocycles. The molecule has 0 aliphatic heterocycles. The van der Waals surface area contributed by atoms with Gasteiger partial charge in [0.15, 0.2) is 0 Å². The molecule has 0 atom stereocenters. The van der Waals surface area contributed by atoms with E-state index in [0.29, 0.717) is 12.3 Å². The third-order valence-electron chi connectivity index (χ3n) is 1.56. The summed E-state index contributed by atoms with van der Waals surface area (Å²) < 4.78 is 25.9. The summed E-state index contributed by atoms with van der Waals surface area (Å²) in [5.74, 6) is -0.649. The average Bonchev–Trinajstić information content (AvgIpc) is 2.10. The summed E-state index contributed by atoms with van der Waals surface area (Å²) in [6, 6.07) is 3.79. The van der Waals surface area contributed by atoms with E-state index in [9.17, 15) is 8.78 Å². The van der Waals surface area contributed by atoms with Gasteiger partial charge in [0, 0.05) is 11.4 Å². The summed E-state index contributed by atoms with van der Waals surface area (Å²) in [6.45, 7) is 0. The van der Waals surface area contributed by atoms with Crippen molar-refractivity contribution >= 4 is 17.7 Å². The molecule has 0 nitrogen and oxygen atoms in total. The fourth-order valence-electron chi connectivity index (χ4n) is 0.934. The van der Waals surface area contributed by atoms with Gasteiger partial charge in [-0.25, -0.2) is 8.78 Å². The number of allylic oxidation sites excluding steroid dienone is 1. The van der Waals surface area contributed by atoms with Gasteiger partial charge in [-0.15, -0.1) is 11.6 Å². The van der Waals surface area contributed by atoms with Gasteiger partial charge in [0.2, 0.25) is 0 Å². The number of halogens is 3. The van der Waals surface area contributed by atoms with Crippen molar-refractivity contribution in [1.29, 1.82) is 0 Å². The predicted octanol–water partition coefficient (Wildman–Crippen LogP) is 3.61. The first-order chi connectivity index (χ1) is 6.25. The number of benzene rings is 1. The van der Waals surface area contributed by atoms with Crippen molar-refractivity contribution in [3.8, 4) is 0 Å². The third kappa shape index (κ3) is 2.81. The molecular formula is C10H9ClF2. The average molecular weight is 203 g/mol. The molecule has 0 heterocycles. The zero-order valence-corrected chi connectivity index (χ0v) is 7.69. The van der Waals surface area contributed by atoms with Crippen molar-refractivity contribution < 1.29 is 8.78 Å². The van der Waals surface area contributed by atoms with Crippen LogP contribution in [0.2, 0.25) is 0 Å². The Labute approximate surface area is 80.8 Å². The molecular weight excluding hydrogens is 194 g/mol. The first-order valence-electron chi connectivity index (χ1n) is 3.92. The topological polar surface area (TPSA) is 0 Å². The smallest absolute Gasteiger partial charge is 0.133 e. The summed E-state index contributed by atoms with van der Waals surface area (Å²) in [5, 5.41) is 0. The highest BCUT2D eigenvalue weighted by molar-refractivity contribution is 6.17. The molecule has 0 amide bonds. The number of alkyl halides is 1. The first kappa shape index (κ1) is 10.2. The van der Waals surface area contributed by atoms with E-state index in [-0.39, 0.29) is 5.56 Å². The van der Waals surface area contributed by atoms with E-state index >= 15 is 0 Å². The second-order valence-corrected chi connectivity index (χ2v) is 2.89. The summed E-state index contributed by atoms with van der Waals surface area (Å²) in [7, 11) is 0. The fourth-order valence-corrected chi connectivity index (χ4v) is 1.06. The van der Waals surface area contributed by atoms with Crippen LogP contribution in [-0.2, 0) is 0 Å². The molecule has 0 fully saturated rings. The van der Waals surface area contributed by atoms with Gasteiger partial charge in [-0.05, 0) is 18.6 Å². The molecule has 70 valence electrons.